The fraction of sp³-hybridized carbons (Fsp3) is 0.200. The molecule has 0 atom stereocenters. The summed E-state index contributed by atoms with van der Waals surface area (Å²) >= 11 is 3.23. The van der Waals surface area contributed by atoms with Gasteiger partial charge in [-0.05, 0) is 36.4 Å². The molecule has 0 spiro atoms. The maximum Gasteiger partial charge on any atom is 0.261 e. The maximum atomic E-state index is 12.5. The van der Waals surface area contributed by atoms with E-state index in [-0.39, 0.29) is 5.91 Å². The van der Waals surface area contributed by atoms with Crippen LogP contribution >= 0.6 is 22.7 Å². The van der Waals surface area contributed by atoms with Gasteiger partial charge < -0.3 is 5.32 Å². The third-order valence-corrected chi connectivity index (χ3v) is 6.33. The molecule has 0 unspecified atom stereocenters. The van der Waals surface area contributed by atoms with E-state index in [1.807, 2.05) is 41.9 Å². The van der Waals surface area contributed by atoms with Crippen LogP contribution in [0.1, 0.15) is 25.8 Å². The lowest BCUT2D eigenvalue weighted by molar-refractivity contribution is 0.0958. The van der Waals surface area contributed by atoms with Crippen LogP contribution in [-0.2, 0) is 13.0 Å². The van der Waals surface area contributed by atoms with E-state index in [0.29, 0.717) is 13.1 Å². The van der Waals surface area contributed by atoms with Gasteiger partial charge in [0.15, 0.2) is 0 Å². The summed E-state index contributed by atoms with van der Waals surface area (Å²) in [4.78, 5) is 15.6. The van der Waals surface area contributed by atoms with Crippen molar-refractivity contribution in [1.29, 1.82) is 0 Å². The van der Waals surface area contributed by atoms with Gasteiger partial charge in [-0.1, -0.05) is 36.4 Å². The zero-order valence-corrected chi connectivity index (χ0v) is 16.1. The molecule has 1 aromatic carbocycles. The van der Waals surface area contributed by atoms with Gasteiger partial charge in [0.05, 0.1) is 17.1 Å². The number of fused-ring (bicyclic) bond motifs is 1. The molecule has 0 aliphatic carbocycles. The summed E-state index contributed by atoms with van der Waals surface area (Å²) in [6.07, 6.45) is 0.870. The van der Waals surface area contributed by atoms with Gasteiger partial charge in [0.2, 0.25) is 0 Å². The average Bonchev–Trinajstić information content (AvgIpc) is 3.36. The van der Waals surface area contributed by atoms with E-state index >= 15 is 0 Å². The second-order valence-electron chi connectivity index (χ2n) is 6.14. The quantitative estimate of drug-likeness (QED) is 0.535. The minimum absolute atomic E-state index is 0.00610. The van der Waals surface area contributed by atoms with Crippen molar-refractivity contribution in [2.45, 2.75) is 19.9 Å². The molecule has 0 aliphatic rings. The van der Waals surface area contributed by atoms with E-state index in [1.54, 1.807) is 11.3 Å². The highest BCUT2D eigenvalue weighted by Gasteiger charge is 2.16. The Balaban J connectivity index is 1.49. The van der Waals surface area contributed by atoms with Crippen molar-refractivity contribution in [2.75, 3.05) is 6.54 Å². The summed E-state index contributed by atoms with van der Waals surface area (Å²) < 4.78 is 1.99. The predicted molar refractivity (Wildman–Crippen MR) is 108 cm³/mol. The van der Waals surface area contributed by atoms with Crippen molar-refractivity contribution in [3.05, 3.63) is 74.9 Å². The molecule has 0 saturated heterocycles. The summed E-state index contributed by atoms with van der Waals surface area (Å²) in [6.45, 7) is 3.36. The van der Waals surface area contributed by atoms with Crippen molar-refractivity contribution < 1.29 is 4.79 Å². The molecule has 4 aromatic rings. The fourth-order valence-corrected chi connectivity index (χ4v) is 4.72. The molecule has 1 amide bonds. The molecule has 132 valence electrons. The Morgan fingerprint density at radius 2 is 2.04 bits per heavy atom. The first-order chi connectivity index (χ1) is 12.7. The zero-order valence-electron chi connectivity index (χ0n) is 14.4. The number of hydrogen-bond acceptors (Lipinski definition) is 4. The van der Waals surface area contributed by atoms with E-state index < -0.39 is 0 Å². The Hall–Kier alpha value is -2.44. The number of benzene rings is 1. The van der Waals surface area contributed by atoms with Gasteiger partial charge in [0, 0.05) is 16.8 Å². The molecule has 26 heavy (non-hydrogen) atoms. The number of nitrogens with one attached hydrogen (secondary N) is 1. The van der Waals surface area contributed by atoms with Gasteiger partial charge in [-0.25, -0.2) is 0 Å². The van der Waals surface area contributed by atoms with E-state index in [9.17, 15) is 4.79 Å². The third-order valence-electron chi connectivity index (χ3n) is 4.24. The largest absolute Gasteiger partial charge is 0.351 e. The molecular weight excluding hydrogens is 362 g/mol. The molecule has 0 aliphatic heterocycles. The second-order valence-corrected chi connectivity index (χ2v) is 8.21. The molecule has 0 radical (unpaired) electrons. The Labute approximate surface area is 160 Å². The molecule has 0 saturated carbocycles. The highest BCUT2D eigenvalue weighted by molar-refractivity contribution is 7.20. The van der Waals surface area contributed by atoms with Crippen molar-refractivity contribution in [1.82, 2.24) is 15.1 Å². The predicted octanol–water partition coefficient (Wildman–Crippen LogP) is 4.49. The fourth-order valence-electron chi connectivity index (χ4n) is 2.93. The van der Waals surface area contributed by atoms with E-state index in [0.717, 1.165) is 27.2 Å². The number of carbonyl (C=O) groups is 1. The lowest BCUT2D eigenvalue weighted by Crippen LogP contribution is -2.24. The molecule has 4 rings (SSSR count). The van der Waals surface area contributed by atoms with Gasteiger partial charge in [-0.2, -0.15) is 5.10 Å². The standard InChI is InChI=1S/C20H19N3OS2/c1-14-17-12-18(19(24)21-10-9-16-8-5-11-25-16)26-20(17)23(22-14)13-15-6-3-2-4-7-15/h2-8,11-12H,9-10,13H2,1H3,(H,21,24). The van der Waals surface area contributed by atoms with Crippen LogP contribution in [0.5, 0.6) is 0 Å². The lowest BCUT2D eigenvalue weighted by Gasteiger charge is -2.03. The molecule has 3 aromatic heterocycles. The number of aromatic nitrogens is 2. The van der Waals surface area contributed by atoms with E-state index in [2.05, 4.69) is 34.0 Å². The van der Waals surface area contributed by atoms with Gasteiger partial charge in [-0.3, -0.25) is 9.48 Å². The van der Waals surface area contributed by atoms with Crippen LogP contribution in [0, 0.1) is 6.92 Å². The van der Waals surface area contributed by atoms with Crippen molar-refractivity contribution in [3.8, 4) is 0 Å². The molecule has 0 bridgehead atoms. The first kappa shape index (κ1) is 17.0. The number of hydrogen-bond donors (Lipinski definition) is 1. The lowest BCUT2D eigenvalue weighted by atomic mass is 10.2. The van der Waals surface area contributed by atoms with E-state index in [4.69, 9.17) is 0 Å². The summed E-state index contributed by atoms with van der Waals surface area (Å²) in [5, 5.41) is 10.8. The van der Waals surface area contributed by atoms with Gasteiger partial charge >= 0.3 is 0 Å². The van der Waals surface area contributed by atoms with Crippen LogP contribution < -0.4 is 5.32 Å². The third kappa shape index (κ3) is 3.57. The van der Waals surface area contributed by atoms with Gasteiger partial charge in [0.25, 0.3) is 5.91 Å². The van der Waals surface area contributed by atoms with Crippen LogP contribution in [0.2, 0.25) is 0 Å². The van der Waals surface area contributed by atoms with Crippen LogP contribution in [0.3, 0.4) is 0 Å². The summed E-state index contributed by atoms with van der Waals surface area (Å²) in [5.41, 5.74) is 2.16. The van der Waals surface area contributed by atoms with Crippen LogP contribution in [0.25, 0.3) is 10.2 Å². The second kappa shape index (κ2) is 7.43. The topological polar surface area (TPSA) is 46.9 Å². The number of rotatable bonds is 6. The number of thiophene rings is 2. The van der Waals surface area contributed by atoms with E-state index in [1.165, 1.54) is 21.8 Å². The SMILES string of the molecule is Cc1nn(Cc2ccccc2)c2sc(C(=O)NCCc3cccs3)cc12. The summed E-state index contributed by atoms with van der Waals surface area (Å²) in [5.74, 6) is -0.00610. The molecule has 4 nitrogen and oxygen atoms in total. The van der Waals surface area contributed by atoms with Crippen LogP contribution in [0.4, 0.5) is 0 Å². The van der Waals surface area contributed by atoms with Crippen molar-refractivity contribution in [3.63, 3.8) is 0 Å². The normalized spacial score (nSPS) is 11.1. The summed E-state index contributed by atoms with van der Waals surface area (Å²) in [6, 6.07) is 16.4. The number of nitrogens with zero attached hydrogens (tertiary/aromatic N) is 2. The van der Waals surface area contributed by atoms with Crippen LogP contribution in [0.15, 0.2) is 53.9 Å². The maximum absolute atomic E-state index is 12.5. The highest BCUT2D eigenvalue weighted by atomic mass is 32.1. The van der Waals surface area contributed by atoms with Gasteiger partial charge in [-0.15, -0.1) is 22.7 Å². The van der Waals surface area contributed by atoms with Crippen molar-refractivity contribution >= 4 is 38.8 Å². The zero-order chi connectivity index (χ0) is 17.9. The molecule has 1 N–H and O–H groups in total. The van der Waals surface area contributed by atoms with Crippen LogP contribution in [-0.4, -0.2) is 22.2 Å². The first-order valence-corrected chi connectivity index (χ1v) is 10.2. The Morgan fingerprint density at radius 3 is 2.81 bits per heavy atom. The Bertz CT molecular complexity index is 1020. The monoisotopic (exact) mass is 381 g/mol. The molecule has 6 heteroatoms. The Morgan fingerprint density at radius 1 is 1.19 bits per heavy atom. The number of amides is 1. The average molecular weight is 382 g/mol. The smallest absolute Gasteiger partial charge is 0.261 e. The summed E-state index contributed by atoms with van der Waals surface area (Å²) in [7, 11) is 0. The highest BCUT2D eigenvalue weighted by Crippen LogP contribution is 2.28. The molecule has 3 heterocycles. The minimum Gasteiger partial charge on any atom is -0.351 e. The van der Waals surface area contributed by atoms with Crippen molar-refractivity contribution in [2.24, 2.45) is 0 Å². The Kier molecular flexibility index (Phi) is 4.86. The van der Waals surface area contributed by atoms with Gasteiger partial charge in [0.1, 0.15) is 4.83 Å². The number of carbonyl (C=O) groups excluding carboxylic acids is 1. The first-order valence-electron chi connectivity index (χ1n) is 8.52. The number of aryl methyl sites for hydroxylation is 1. The molecular formula is C20H19N3OS2. The minimum atomic E-state index is -0.00610. The molecule has 0 fully saturated rings.